The molecule has 2 N–H and O–H groups in total. The summed E-state index contributed by atoms with van der Waals surface area (Å²) in [6, 6.07) is 5.24. The highest BCUT2D eigenvalue weighted by atomic mass is 79.9. The predicted octanol–water partition coefficient (Wildman–Crippen LogP) is 3.16. The van der Waals surface area contributed by atoms with E-state index < -0.39 is 0 Å². The van der Waals surface area contributed by atoms with Gasteiger partial charge in [-0.1, -0.05) is 22.9 Å². The molecule has 5 nitrogen and oxygen atoms in total. The van der Waals surface area contributed by atoms with Crippen molar-refractivity contribution >= 4 is 39.1 Å². The molecule has 1 rings (SSSR count). The van der Waals surface area contributed by atoms with Gasteiger partial charge in [-0.15, -0.1) is 0 Å². The van der Waals surface area contributed by atoms with E-state index in [9.17, 15) is 9.59 Å². The van der Waals surface area contributed by atoms with E-state index in [1.165, 1.54) is 6.92 Å². The molecule has 110 valence electrons. The van der Waals surface area contributed by atoms with Crippen molar-refractivity contribution in [2.75, 3.05) is 17.2 Å². The van der Waals surface area contributed by atoms with Gasteiger partial charge in [0.15, 0.2) is 0 Å². The molecular weight excluding hydrogens is 324 g/mol. The Bertz CT molecular complexity index is 491. The van der Waals surface area contributed by atoms with Crippen LogP contribution in [0.4, 0.5) is 11.4 Å². The van der Waals surface area contributed by atoms with Crippen molar-refractivity contribution in [1.82, 2.24) is 0 Å². The smallest absolute Gasteiger partial charge is 0.250 e. The first-order chi connectivity index (χ1) is 9.42. The first-order valence-corrected chi connectivity index (χ1v) is 7.20. The molecule has 0 saturated carbocycles. The summed E-state index contributed by atoms with van der Waals surface area (Å²) in [4.78, 5) is 22.9. The van der Waals surface area contributed by atoms with Crippen molar-refractivity contribution in [3.8, 4) is 0 Å². The van der Waals surface area contributed by atoms with Gasteiger partial charge in [-0.25, -0.2) is 0 Å². The fourth-order valence-electron chi connectivity index (χ4n) is 1.44. The molecule has 0 aliphatic rings. The van der Waals surface area contributed by atoms with Crippen molar-refractivity contribution in [3.63, 3.8) is 0 Å². The summed E-state index contributed by atoms with van der Waals surface area (Å²) in [7, 11) is 0. The fraction of sp³-hybridized carbons (Fsp3) is 0.429. The lowest BCUT2D eigenvalue weighted by atomic mass is 10.2. The average molecular weight is 343 g/mol. The molecule has 1 aromatic carbocycles. The topological polar surface area (TPSA) is 67.4 Å². The number of hydrogen-bond donors (Lipinski definition) is 2. The number of amides is 2. The minimum Gasteiger partial charge on any atom is -0.369 e. The Hall–Kier alpha value is -1.40. The molecule has 1 unspecified atom stereocenters. The minimum atomic E-state index is -0.255. The second kappa shape index (κ2) is 8.01. The van der Waals surface area contributed by atoms with Crippen LogP contribution in [-0.4, -0.2) is 24.5 Å². The predicted molar refractivity (Wildman–Crippen MR) is 82.8 cm³/mol. The van der Waals surface area contributed by atoms with Crippen LogP contribution in [0.25, 0.3) is 0 Å². The molecule has 0 saturated heterocycles. The number of carbonyl (C=O) groups excluding carboxylic acids is 2. The molecule has 0 fully saturated rings. The third-order valence-electron chi connectivity index (χ3n) is 2.64. The summed E-state index contributed by atoms with van der Waals surface area (Å²) in [6.07, 6.45) is 0.888. The van der Waals surface area contributed by atoms with Gasteiger partial charge in [0.05, 0.1) is 17.5 Å². The largest absolute Gasteiger partial charge is 0.369 e. The Kier molecular flexibility index (Phi) is 6.67. The maximum atomic E-state index is 11.8. The van der Waals surface area contributed by atoms with Crippen molar-refractivity contribution in [2.24, 2.45) is 0 Å². The highest BCUT2D eigenvalue weighted by Gasteiger charge is 2.10. The summed E-state index contributed by atoms with van der Waals surface area (Å²) >= 11 is 3.33. The molecule has 0 bridgehead atoms. The molecule has 20 heavy (non-hydrogen) atoms. The lowest BCUT2D eigenvalue weighted by Gasteiger charge is -2.13. The first-order valence-electron chi connectivity index (χ1n) is 6.41. The molecule has 0 heterocycles. The number of benzene rings is 1. The van der Waals surface area contributed by atoms with Crippen LogP contribution in [0.2, 0.25) is 0 Å². The summed E-state index contributed by atoms with van der Waals surface area (Å²) < 4.78 is 6.18. The van der Waals surface area contributed by atoms with Gasteiger partial charge >= 0.3 is 0 Å². The Morgan fingerprint density at radius 1 is 1.30 bits per heavy atom. The summed E-state index contributed by atoms with van der Waals surface area (Å²) in [5.74, 6) is -0.450. The summed E-state index contributed by atoms with van der Waals surface area (Å²) in [5, 5.41) is 5.39. The minimum absolute atomic E-state index is 0.0129. The third-order valence-corrected chi connectivity index (χ3v) is 3.13. The zero-order valence-corrected chi connectivity index (χ0v) is 13.4. The van der Waals surface area contributed by atoms with E-state index in [2.05, 4.69) is 26.6 Å². The molecule has 2 amide bonds. The molecular formula is C14H19BrN2O3. The summed E-state index contributed by atoms with van der Waals surface area (Å²) in [5.41, 5.74) is 1.09. The van der Waals surface area contributed by atoms with Gasteiger partial charge in [0.25, 0.3) is 0 Å². The molecule has 0 aliphatic heterocycles. The number of halogens is 1. The quantitative estimate of drug-likeness (QED) is 0.834. The number of nitrogens with one attached hydrogen (secondary N) is 2. The molecule has 0 aliphatic carbocycles. The van der Waals surface area contributed by atoms with Crippen LogP contribution in [0.3, 0.4) is 0 Å². The maximum Gasteiger partial charge on any atom is 0.250 e. The van der Waals surface area contributed by atoms with Crippen LogP contribution < -0.4 is 10.6 Å². The zero-order chi connectivity index (χ0) is 15.1. The van der Waals surface area contributed by atoms with E-state index in [-0.39, 0.29) is 24.5 Å². The average Bonchev–Trinajstić information content (AvgIpc) is 2.38. The number of ether oxygens (including phenoxy) is 1. The number of carbonyl (C=O) groups is 2. The standard InChI is InChI=1S/C14H19BrN2O3/c1-4-9(2)20-8-14(19)17-13-7-11(15)5-6-12(13)16-10(3)18/h5-7,9H,4,8H2,1-3H3,(H,16,18)(H,17,19). The second-order valence-corrected chi connectivity index (χ2v) is 5.36. The molecule has 1 aromatic rings. The van der Waals surface area contributed by atoms with E-state index in [4.69, 9.17) is 4.74 Å². The van der Waals surface area contributed by atoms with Gasteiger partial charge in [0, 0.05) is 11.4 Å². The molecule has 6 heteroatoms. The third kappa shape index (κ3) is 5.71. The van der Waals surface area contributed by atoms with Gasteiger partial charge in [-0.05, 0) is 31.5 Å². The van der Waals surface area contributed by atoms with Crippen molar-refractivity contribution in [1.29, 1.82) is 0 Å². The van der Waals surface area contributed by atoms with Crippen LogP contribution in [0.5, 0.6) is 0 Å². The summed E-state index contributed by atoms with van der Waals surface area (Å²) in [6.45, 7) is 5.31. The van der Waals surface area contributed by atoms with Crippen molar-refractivity contribution < 1.29 is 14.3 Å². The lowest BCUT2D eigenvalue weighted by molar-refractivity contribution is -0.122. The van der Waals surface area contributed by atoms with Crippen LogP contribution in [0.1, 0.15) is 27.2 Å². The normalized spacial score (nSPS) is 11.8. The van der Waals surface area contributed by atoms with E-state index in [1.807, 2.05) is 13.8 Å². The van der Waals surface area contributed by atoms with Gasteiger partial charge in [0.1, 0.15) is 6.61 Å². The molecule has 0 radical (unpaired) electrons. The van der Waals surface area contributed by atoms with E-state index in [0.29, 0.717) is 11.4 Å². The Balaban J connectivity index is 2.72. The van der Waals surface area contributed by atoms with Crippen LogP contribution >= 0.6 is 15.9 Å². The van der Waals surface area contributed by atoms with Crippen LogP contribution in [0.15, 0.2) is 22.7 Å². The SMILES string of the molecule is CCC(C)OCC(=O)Nc1cc(Br)ccc1NC(C)=O. The van der Waals surface area contributed by atoms with Crippen molar-refractivity contribution in [3.05, 3.63) is 22.7 Å². The van der Waals surface area contributed by atoms with E-state index >= 15 is 0 Å². The first kappa shape index (κ1) is 16.7. The van der Waals surface area contributed by atoms with Crippen LogP contribution in [0, 0.1) is 0 Å². The number of anilines is 2. The van der Waals surface area contributed by atoms with Gasteiger partial charge in [-0.2, -0.15) is 0 Å². The molecule has 0 aromatic heterocycles. The van der Waals surface area contributed by atoms with Crippen molar-refractivity contribution in [2.45, 2.75) is 33.3 Å². The Labute approximate surface area is 127 Å². The lowest BCUT2D eigenvalue weighted by Crippen LogP contribution is -2.22. The maximum absolute atomic E-state index is 11.8. The highest BCUT2D eigenvalue weighted by Crippen LogP contribution is 2.26. The molecule has 0 spiro atoms. The second-order valence-electron chi connectivity index (χ2n) is 4.45. The molecule has 1 atom stereocenters. The van der Waals surface area contributed by atoms with Gasteiger partial charge in [0.2, 0.25) is 11.8 Å². The van der Waals surface area contributed by atoms with Gasteiger partial charge < -0.3 is 15.4 Å². The zero-order valence-electron chi connectivity index (χ0n) is 11.8. The van der Waals surface area contributed by atoms with Gasteiger partial charge in [-0.3, -0.25) is 9.59 Å². The Morgan fingerprint density at radius 2 is 2.00 bits per heavy atom. The van der Waals surface area contributed by atoms with E-state index in [1.54, 1.807) is 18.2 Å². The Morgan fingerprint density at radius 3 is 2.60 bits per heavy atom. The number of rotatable bonds is 6. The number of hydrogen-bond acceptors (Lipinski definition) is 3. The van der Waals surface area contributed by atoms with E-state index in [0.717, 1.165) is 10.9 Å². The fourth-order valence-corrected chi connectivity index (χ4v) is 1.80. The van der Waals surface area contributed by atoms with Crippen LogP contribution in [-0.2, 0) is 14.3 Å². The highest BCUT2D eigenvalue weighted by molar-refractivity contribution is 9.10. The monoisotopic (exact) mass is 342 g/mol.